The molecule has 0 atom stereocenters. The summed E-state index contributed by atoms with van der Waals surface area (Å²) in [6.07, 6.45) is 0. The van der Waals surface area contributed by atoms with Crippen molar-refractivity contribution in [3.63, 3.8) is 0 Å². The Kier molecular flexibility index (Phi) is 5.64. The first-order valence-electron chi connectivity index (χ1n) is 15.2. The van der Waals surface area contributed by atoms with Crippen LogP contribution in [0.3, 0.4) is 0 Å². The number of hydrogen-bond acceptors (Lipinski definition) is 1. The van der Waals surface area contributed by atoms with Crippen LogP contribution in [0.1, 0.15) is 22.6 Å². The van der Waals surface area contributed by atoms with Crippen molar-refractivity contribution in [3.8, 4) is 33.8 Å². The molecule has 0 aliphatic carbocycles. The number of fused-ring (bicyclic) bond motifs is 7. The maximum Gasteiger partial charge on any atom is 0.132 e. The largest absolute Gasteiger partial charge is 0.457 e. The maximum absolute atomic E-state index is 6.63. The van der Waals surface area contributed by atoms with Crippen molar-refractivity contribution in [2.24, 2.45) is 0 Å². The molecule has 1 heteroatoms. The Labute approximate surface area is 256 Å². The van der Waals surface area contributed by atoms with Crippen LogP contribution >= 0.6 is 0 Å². The van der Waals surface area contributed by atoms with Gasteiger partial charge in [-0.15, -0.1) is 0 Å². The van der Waals surface area contributed by atoms with Crippen molar-refractivity contribution >= 4 is 32.3 Å². The van der Waals surface area contributed by atoms with E-state index in [0.29, 0.717) is 0 Å². The van der Waals surface area contributed by atoms with Gasteiger partial charge in [0.25, 0.3) is 0 Å². The Hall–Kier alpha value is -5.66. The lowest BCUT2D eigenvalue weighted by atomic mass is 9.78. The van der Waals surface area contributed by atoms with Crippen LogP contribution in [0.2, 0.25) is 0 Å². The molecule has 0 bridgehead atoms. The van der Waals surface area contributed by atoms with Crippen LogP contribution in [0.25, 0.3) is 54.6 Å². The zero-order valence-corrected chi connectivity index (χ0v) is 24.1. The zero-order valence-electron chi connectivity index (χ0n) is 24.1. The molecule has 0 saturated carbocycles. The quantitative estimate of drug-likeness (QED) is 0.209. The average molecular weight is 561 g/mol. The highest BCUT2D eigenvalue weighted by Gasteiger charge is 2.32. The summed E-state index contributed by atoms with van der Waals surface area (Å²) in [5.41, 5.74) is 8.69. The van der Waals surface area contributed by atoms with E-state index in [0.717, 1.165) is 11.5 Å². The Morgan fingerprint density at radius 1 is 0.341 bits per heavy atom. The number of ether oxygens (including phenoxy) is 1. The van der Waals surface area contributed by atoms with Gasteiger partial charge in [-0.3, -0.25) is 0 Å². The van der Waals surface area contributed by atoms with Crippen LogP contribution in [-0.2, 0) is 0 Å². The van der Waals surface area contributed by atoms with Crippen molar-refractivity contribution in [2.75, 3.05) is 0 Å². The molecule has 0 saturated heterocycles. The van der Waals surface area contributed by atoms with Gasteiger partial charge in [0.15, 0.2) is 0 Å². The average Bonchev–Trinajstić information content (AvgIpc) is 3.10. The van der Waals surface area contributed by atoms with Crippen molar-refractivity contribution in [3.05, 3.63) is 180 Å². The predicted octanol–water partition coefficient (Wildman–Crippen LogP) is 11.8. The normalized spacial score (nSPS) is 12.6. The maximum atomic E-state index is 6.63. The fourth-order valence-corrected chi connectivity index (χ4v) is 7.21. The van der Waals surface area contributed by atoms with Gasteiger partial charge in [0.2, 0.25) is 0 Å². The Morgan fingerprint density at radius 2 is 0.818 bits per heavy atom. The zero-order chi connectivity index (χ0) is 29.0. The highest BCUT2D eigenvalue weighted by molar-refractivity contribution is 6.04. The van der Waals surface area contributed by atoms with E-state index in [1.54, 1.807) is 0 Å². The summed E-state index contributed by atoms with van der Waals surface area (Å²) in [7, 11) is 0. The molecule has 0 fully saturated rings. The summed E-state index contributed by atoms with van der Waals surface area (Å²) in [5, 5.41) is 7.46. The summed E-state index contributed by atoms with van der Waals surface area (Å²) in [6, 6.07) is 59.1. The van der Waals surface area contributed by atoms with E-state index in [-0.39, 0.29) is 5.92 Å². The molecule has 9 rings (SSSR count). The first-order chi connectivity index (χ1) is 21.8. The van der Waals surface area contributed by atoms with E-state index in [9.17, 15) is 0 Å². The molecular weight excluding hydrogens is 532 g/mol. The van der Waals surface area contributed by atoms with E-state index < -0.39 is 0 Å². The highest BCUT2D eigenvalue weighted by atomic mass is 16.5. The second kappa shape index (κ2) is 9.97. The van der Waals surface area contributed by atoms with Crippen molar-refractivity contribution in [2.45, 2.75) is 5.92 Å². The summed E-state index contributed by atoms with van der Waals surface area (Å²) in [6.45, 7) is 0. The lowest BCUT2D eigenvalue weighted by Crippen LogP contribution is -2.13. The van der Waals surface area contributed by atoms with Gasteiger partial charge in [0, 0.05) is 17.0 Å². The minimum absolute atomic E-state index is 0.0391. The molecule has 0 radical (unpaired) electrons. The second-order valence-corrected chi connectivity index (χ2v) is 11.6. The number of benzene rings is 8. The monoisotopic (exact) mass is 560 g/mol. The van der Waals surface area contributed by atoms with E-state index in [1.807, 2.05) is 0 Å². The van der Waals surface area contributed by atoms with Gasteiger partial charge in [0.1, 0.15) is 11.5 Å². The minimum Gasteiger partial charge on any atom is -0.457 e. The number of rotatable bonds is 3. The summed E-state index contributed by atoms with van der Waals surface area (Å²) in [5.74, 6) is 1.91. The van der Waals surface area contributed by atoms with Crippen LogP contribution in [-0.4, -0.2) is 0 Å². The van der Waals surface area contributed by atoms with Gasteiger partial charge in [0.05, 0.1) is 0 Å². The van der Waals surface area contributed by atoms with Crippen LogP contribution < -0.4 is 4.74 Å². The third-order valence-electron chi connectivity index (χ3n) is 9.22. The molecule has 0 spiro atoms. The standard InChI is InChI=1S/C43H28O/c1-2-10-28(11-3-1)33-16-8-19-38-34(17-9-18-37(33)38)31-20-22-32(23-21-31)41-42-35-14-6-4-12-29(35)24-26-39(42)44-40-27-25-30-13-5-7-15-36(30)43(40)41/h1-27,41H. The van der Waals surface area contributed by atoms with Crippen LogP contribution in [0.15, 0.2) is 164 Å². The van der Waals surface area contributed by atoms with Crippen LogP contribution in [0.4, 0.5) is 0 Å². The van der Waals surface area contributed by atoms with Crippen molar-refractivity contribution in [1.82, 2.24) is 0 Å². The summed E-state index contributed by atoms with van der Waals surface area (Å²) in [4.78, 5) is 0. The van der Waals surface area contributed by atoms with Crippen LogP contribution in [0, 0.1) is 0 Å². The van der Waals surface area contributed by atoms with Crippen molar-refractivity contribution in [1.29, 1.82) is 0 Å². The summed E-state index contributed by atoms with van der Waals surface area (Å²) >= 11 is 0. The smallest absolute Gasteiger partial charge is 0.132 e. The molecule has 1 aliphatic rings. The fraction of sp³-hybridized carbons (Fsp3) is 0.0233. The summed E-state index contributed by atoms with van der Waals surface area (Å²) < 4.78 is 6.63. The van der Waals surface area contributed by atoms with E-state index in [1.165, 1.54) is 71.3 Å². The minimum atomic E-state index is 0.0391. The topological polar surface area (TPSA) is 9.23 Å². The SMILES string of the molecule is c1ccc(-c2cccc3c(-c4ccc(C5c6c(ccc7ccccc67)Oc6ccc7ccccc7c65)cc4)cccc23)cc1. The second-order valence-electron chi connectivity index (χ2n) is 11.6. The van der Waals surface area contributed by atoms with Gasteiger partial charge in [-0.1, -0.05) is 152 Å². The molecule has 1 aliphatic heterocycles. The van der Waals surface area contributed by atoms with Crippen LogP contribution in [0.5, 0.6) is 11.5 Å². The molecule has 206 valence electrons. The van der Waals surface area contributed by atoms with E-state index in [2.05, 4.69) is 164 Å². The van der Waals surface area contributed by atoms with Gasteiger partial charge >= 0.3 is 0 Å². The molecule has 0 aromatic heterocycles. The molecule has 8 aromatic carbocycles. The van der Waals surface area contributed by atoms with E-state index in [4.69, 9.17) is 4.74 Å². The van der Waals surface area contributed by atoms with Gasteiger partial charge in [-0.05, 0) is 72.3 Å². The van der Waals surface area contributed by atoms with Crippen molar-refractivity contribution < 1.29 is 4.74 Å². The molecule has 0 N–H and O–H groups in total. The predicted molar refractivity (Wildman–Crippen MR) is 184 cm³/mol. The molecule has 1 nitrogen and oxygen atoms in total. The fourth-order valence-electron chi connectivity index (χ4n) is 7.21. The first-order valence-corrected chi connectivity index (χ1v) is 15.2. The Balaban J connectivity index is 1.23. The third kappa shape index (κ3) is 3.87. The van der Waals surface area contributed by atoms with E-state index >= 15 is 0 Å². The molecule has 0 unspecified atom stereocenters. The lowest BCUT2D eigenvalue weighted by Gasteiger charge is -2.31. The molecule has 44 heavy (non-hydrogen) atoms. The number of hydrogen-bond donors (Lipinski definition) is 0. The Morgan fingerprint density at radius 3 is 1.39 bits per heavy atom. The molecule has 8 aromatic rings. The van der Waals surface area contributed by atoms with Gasteiger partial charge in [-0.25, -0.2) is 0 Å². The molecular formula is C43H28O. The highest BCUT2D eigenvalue weighted by Crippen LogP contribution is 2.52. The van der Waals surface area contributed by atoms with Gasteiger partial charge < -0.3 is 4.74 Å². The molecule has 1 heterocycles. The first kappa shape index (κ1) is 24.9. The third-order valence-corrected chi connectivity index (χ3v) is 9.22. The Bertz CT molecular complexity index is 2260. The van der Waals surface area contributed by atoms with Gasteiger partial charge in [-0.2, -0.15) is 0 Å². The lowest BCUT2D eigenvalue weighted by molar-refractivity contribution is 0.456. The molecule has 0 amide bonds.